The fourth-order valence-electron chi connectivity index (χ4n) is 4.86. The predicted molar refractivity (Wildman–Crippen MR) is 528 cm³/mol. The van der Waals surface area contributed by atoms with Crippen molar-refractivity contribution in [3.63, 3.8) is 0 Å². The summed E-state index contributed by atoms with van der Waals surface area (Å²) in [5.74, 6) is 33.3. The van der Waals surface area contributed by atoms with Gasteiger partial charge in [-0.2, -0.15) is 0 Å². The van der Waals surface area contributed by atoms with Crippen LogP contribution in [0.2, 0.25) is 0 Å². The normalized spacial score (nSPS) is 21.1. The first-order valence-electron chi connectivity index (χ1n) is 37.0. The van der Waals surface area contributed by atoms with E-state index in [0.29, 0.717) is 71.9 Å². The fraction of sp³-hybridized carbons (Fsp3) is 0.963. The SMILES string of the molecule is C.C.C1CCCSSCC1.C1CCSSC1.C1CCSSCC1.C1CSSC1.C=S1CCCCCCS1.C=S1CCCCCS1.C=S1CCCCS1.CC(C)(C)C.CC(C)(C)C.CC(C)(C)C.CC(C)(C)C.CC(C)(C)C.CC(C)(C)C.CC(C)(C)C.CC(C)(C)C.O=S1CCCS1. The topological polar surface area (TPSA) is 17.1 Å². The average Bonchev–Trinajstić information content (AvgIpc) is 3.08. The molecule has 0 aromatic carbocycles. The quantitative estimate of drug-likeness (QED) is 0.170. The minimum atomic E-state index is -0.506. The summed E-state index contributed by atoms with van der Waals surface area (Å²) in [6, 6.07) is 0. The second-order valence-electron chi connectivity index (χ2n) is 37.4. The molecular weight excluding hydrogens is 1500 g/mol. The molecule has 8 saturated heterocycles. The first-order chi connectivity index (χ1) is 43.6. The van der Waals surface area contributed by atoms with Gasteiger partial charge in [-0.05, 0) is 150 Å². The van der Waals surface area contributed by atoms with E-state index in [4.69, 9.17) is 0 Å². The molecule has 8 aliphatic heterocycles. The van der Waals surface area contributed by atoms with E-state index in [1.807, 2.05) is 97.1 Å². The van der Waals surface area contributed by atoms with Gasteiger partial charge < -0.3 is 0 Å². The van der Waals surface area contributed by atoms with Crippen molar-refractivity contribution in [2.45, 2.75) is 365 Å². The van der Waals surface area contributed by atoms with Crippen LogP contribution in [0.1, 0.15) is 365 Å². The van der Waals surface area contributed by atoms with E-state index in [1.165, 1.54) is 203 Å². The Balaban J connectivity index is -0.000000106. The van der Waals surface area contributed by atoms with Crippen LogP contribution in [-0.2, 0) is 9.83 Å². The Morgan fingerprint density at radius 1 is 0.194 bits per heavy atom. The molecule has 4 unspecified atom stereocenters. The third kappa shape index (κ3) is 239. The smallest absolute Gasteiger partial charge is 0.0804 e. The standard InChI is InChI=1S/C7H14S2.2C6H12S2.2C5H10S2.8C5H12.C4H8S2.C3H6OS2.C3H6S2.2CH4/c1-9-7-5-3-2-4-6-8-9;1-8-6-4-2-3-5-7-8;1-2-4-6-8-7-5-3-1;1-7-5-3-2-4-6-7;1-2-4-6-7-5-3-1;8*1-5(2,3)4;1-2-4-6-5-3-1;4-6-3-1-2-5-6;1-2-4-5-3-1;;/h1-7H2;2*1-6H2;2*1-5H2;8*1-4H3;1-4H2;1-3H2;1-3H2;2*1H4. The molecule has 8 heterocycles. The largest absolute Gasteiger partial charge is 0.248 e. The van der Waals surface area contributed by atoms with Crippen LogP contribution in [0.4, 0.5) is 0 Å². The van der Waals surface area contributed by atoms with Crippen LogP contribution in [0, 0.1) is 43.3 Å². The zero-order valence-corrected chi connectivity index (χ0v) is 83.6. The molecule has 0 saturated carbocycles. The van der Waals surface area contributed by atoms with E-state index in [0.717, 1.165) is 17.9 Å². The van der Waals surface area contributed by atoms with Crippen molar-refractivity contribution in [3.05, 3.63) is 0 Å². The number of hydrogen-bond acceptors (Lipinski definition) is 13. The molecule has 8 aliphatic rings. The number of hydrogen-bond donors (Lipinski definition) is 0. The highest BCUT2D eigenvalue weighted by molar-refractivity contribution is 8.84. The van der Waals surface area contributed by atoms with Crippen molar-refractivity contribution in [1.29, 1.82) is 0 Å². The first kappa shape index (κ1) is 124. The maximum absolute atomic E-state index is 10.3. The van der Waals surface area contributed by atoms with Crippen LogP contribution in [0.15, 0.2) is 0 Å². The molecule has 608 valence electrons. The van der Waals surface area contributed by atoms with Gasteiger partial charge in [0.1, 0.15) is 0 Å². The Morgan fingerprint density at radius 3 is 0.500 bits per heavy atom. The second-order valence-corrected chi connectivity index (χ2v) is 63.8. The van der Waals surface area contributed by atoms with Crippen molar-refractivity contribution in [1.82, 2.24) is 0 Å². The molecule has 0 spiro atoms. The summed E-state index contributed by atoms with van der Waals surface area (Å²) in [5, 5.41) is 0. The van der Waals surface area contributed by atoms with Crippen LogP contribution in [-0.4, -0.2) is 114 Å². The van der Waals surface area contributed by atoms with Crippen LogP contribution >= 0.6 is 158 Å². The van der Waals surface area contributed by atoms with Gasteiger partial charge in [-0.15, -0.1) is 60.9 Å². The van der Waals surface area contributed by atoms with Gasteiger partial charge in [-0.25, -0.2) is 4.21 Å². The molecule has 4 atom stereocenters. The van der Waals surface area contributed by atoms with Crippen molar-refractivity contribution < 1.29 is 4.21 Å². The van der Waals surface area contributed by atoms with Crippen LogP contribution in [0.25, 0.3) is 0 Å². The van der Waals surface area contributed by atoms with Gasteiger partial charge in [-0.1, -0.05) is 390 Å². The van der Waals surface area contributed by atoms with Crippen molar-refractivity contribution in [2.75, 3.05) is 92.0 Å². The molecule has 0 aromatic rings. The highest BCUT2D eigenvalue weighted by Gasteiger charge is 2.08. The molecule has 0 radical (unpaired) electrons. The molecule has 98 heavy (non-hydrogen) atoms. The lowest BCUT2D eigenvalue weighted by atomic mass is 10.0. The van der Waals surface area contributed by atoms with E-state index in [-0.39, 0.29) is 14.9 Å². The van der Waals surface area contributed by atoms with Gasteiger partial charge in [0.15, 0.2) is 0 Å². The minimum Gasteiger partial charge on any atom is -0.248 e. The zero-order valence-electron chi connectivity index (χ0n) is 70.5. The van der Waals surface area contributed by atoms with E-state index >= 15 is 0 Å². The summed E-state index contributed by atoms with van der Waals surface area (Å²) < 4.78 is 10.3. The molecule has 0 amide bonds. The van der Waals surface area contributed by atoms with Crippen molar-refractivity contribution >= 4 is 186 Å². The summed E-state index contributed by atoms with van der Waals surface area (Å²) in [4.78, 5) is 0. The lowest BCUT2D eigenvalue weighted by Crippen LogP contribution is -1.93. The van der Waals surface area contributed by atoms with Gasteiger partial charge in [0, 0.05) is 74.8 Å². The third-order valence-electron chi connectivity index (χ3n) is 8.12. The van der Waals surface area contributed by atoms with Gasteiger partial charge in [0.2, 0.25) is 0 Å². The van der Waals surface area contributed by atoms with Crippen molar-refractivity contribution in [3.8, 4) is 0 Å². The second kappa shape index (κ2) is 81.5. The molecule has 8 rings (SSSR count). The molecule has 0 N–H and O–H groups in total. The first-order valence-corrected chi connectivity index (χ1v) is 59.0. The molecule has 17 heteroatoms. The maximum Gasteiger partial charge on any atom is 0.0804 e. The minimum absolute atomic E-state index is 0. The lowest BCUT2D eigenvalue weighted by Gasteiger charge is -2.11. The molecular formula is C81H182OS16. The predicted octanol–water partition coefficient (Wildman–Crippen LogP) is 35.5. The summed E-state index contributed by atoms with van der Waals surface area (Å²) >= 11 is 0. The lowest BCUT2D eigenvalue weighted by molar-refractivity contribution is 0.469. The van der Waals surface area contributed by atoms with Gasteiger partial charge >= 0.3 is 0 Å². The molecule has 0 bridgehead atoms. The van der Waals surface area contributed by atoms with Gasteiger partial charge in [-0.3, -0.25) is 0 Å². The Kier molecular flexibility index (Phi) is 103. The summed E-state index contributed by atoms with van der Waals surface area (Å²) in [7, 11) is 24.8. The summed E-state index contributed by atoms with van der Waals surface area (Å²) in [6.45, 7) is 70.0. The van der Waals surface area contributed by atoms with Gasteiger partial charge in [0.05, 0.1) is 9.83 Å². The Morgan fingerprint density at radius 2 is 0.337 bits per heavy atom. The number of rotatable bonds is 0. The van der Waals surface area contributed by atoms with Crippen LogP contribution < -0.4 is 0 Å². The van der Waals surface area contributed by atoms with E-state index in [1.54, 1.807) is 10.8 Å². The molecule has 0 aromatic heterocycles. The van der Waals surface area contributed by atoms with Crippen LogP contribution in [0.3, 0.4) is 0 Å². The summed E-state index contributed by atoms with van der Waals surface area (Å²) in [6.07, 6.45) is 28.5. The highest BCUT2D eigenvalue weighted by atomic mass is 33.1. The van der Waals surface area contributed by atoms with E-state index in [2.05, 4.69) is 261 Å². The Labute approximate surface area is 682 Å². The molecule has 0 aliphatic carbocycles. The van der Waals surface area contributed by atoms with Crippen molar-refractivity contribution in [2.24, 2.45) is 43.3 Å². The Bertz CT molecular complexity index is 1340. The van der Waals surface area contributed by atoms with Gasteiger partial charge in [0.25, 0.3) is 0 Å². The highest BCUT2D eigenvalue weighted by Crippen LogP contribution is 2.36. The van der Waals surface area contributed by atoms with Crippen LogP contribution in [0.5, 0.6) is 0 Å². The molecule has 8 fully saturated rings. The van der Waals surface area contributed by atoms with E-state index in [9.17, 15) is 4.21 Å². The third-order valence-corrected chi connectivity index (χ3v) is 32.2. The maximum atomic E-state index is 10.3. The fourth-order valence-corrected chi connectivity index (χ4v) is 25.8. The average molecular weight is 1690 g/mol. The van der Waals surface area contributed by atoms with E-state index < -0.39 is 9.83 Å². The Hall–Kier alpha value is 5.01. The monoisotopic (exact) mass is 1680 g/mol. The molecule has 1 nitrogen and oxygen atoms in total. The zero-order chi connectivity index (χ0) is 76.3. The summed E-state index contributed by atoms with van der Waals surface area (Å²) in [5.41, 5.74) is 4.00.